The lowest BCUT2D eigenvalue weighted by molar-refractivity contribution is 0.0802. The van der Waals surface area contributed by atoms with Crippen molar-refractivity contribution in [3.63, 3.8) is 0 Å². The van der Waals surface area contributed by atoms with Crippen LogP contribution in [-0.4, -0.2) is 54.8 Å². The van der Waals surface area contributed by atoms with Crippen LogP contribution >= 0.6 is 22.9 Å². The van der Waals surface area contributed by atoms with Crippen LogP contribution in [0, 0.1) is 6.92 Å². The molecule has 1 aliphatic heterocycles. The van der Waals surface area contributed by atoms with Gasteiger partial charge in [-0.25, -0.2) is 13.4 Å². The molecule has 0 unspecified atom stereocenters. The smallest absolute Gasteiger partial charge is 0.254 e. The topological polar surface area (TPSA) is 53.5 Å². The van der Waals surface area contributed by atoms with Gasteiger partial charge >= 0.3 is 0 Å². The highest BCUT2D eigenvalue weighted by Gasteiger charge is 2.38. The van der Waals surface area contributed by atoms with Crippen molar-refractivity contribution in [2.24, 2.45) is 0 Å². The Hall–Kier alpha value is -0.210. The van der Waals surface area contributed by atoms with Crippen LogP contribution in [0.3, 0.4) is 0 Å². The Morgan fingerprint density at radius 1 is 1.37 bits per heavy atom. The molecule has 0 N–H and O–H groups in total. The highest BCUT2D eigenvalue weighted by atomic mass is 35.5. The number of piperazine rings is 1. The van der Waals surface area contributed by atoms with Crippen LogP contribution in [0.2, 0.25) is 4.47 Å². The summed E-state index contributed by atoms with van der Waals surface area (Å²) >= 11 is 6.83. The van der Waals surface area contributed by atoms with Crippen LogP contribution in [0.15, 0.2) is 4.21 Å². The van der Waals surface area contributed by atoms with Gasteiger partial charge in [-0.2, -0.15) is 4.31 Å². The fourth-order valence-electron chi connectivity index (χ4n) is 2.11. The van der Waals surface area contributed by atoms with Gasteiger partial charge in [-0.3, -0.25) is 4.90 Å². The Labute approximate surface area is 123 Å². The molecule has 19 heavy (non-hydrogen) atoms. The highest BCUT2D eigenvalue weighted by Crippen LogP contribution is 2.31. The van der Waals surface area contributed by atoms with E-state index in [0.717, 1.165) is 17.9 Å². The molecule has 1 aromatic rings. The summed E-state index contributed by atoms with van der Waals surface area (Å²) in [6.45, 7) is 7.45. The van der Waals surface area contributed by atoms with E-state index in [1.54, 1.807) is 6.92 Å². The maximum atomic E-state index is 12.6. The molecule has 0 atom stereocenters. The maximum Gasteiger partial charge on any atom is 0.254 e. The van der Waals surface area contributed by atoms with Crippen LogP contribution in [-0.2, 0) is 10.0 Å². The first kappa shape index (κ1) is 15.2. The van der Waals surface area contributed by atoms with E-state index in [4.69, 9.17) is 11.6 Å². The SMILES string of the molecule is Cc1nc(Cl)sc1S(=O)(=O)N1CCN(C)C(C)(C)C1. The summed E-state index contributed by atoms with van der Waals surface area (Å²) in [6.07, 6.45) is 0. The number of nitrogens with zero attached hydrogens (tertiary/aromatic N) is 3. The van der Waals surface area contributed by atoms with Crippen LogP contribution in [0.4, 0.5) is 0 Å². The molecule has 2 heterocycles. The van der Waals surface area contributed by atoms with E-state index in [9.17, 15) is 8.42 Å². The van der Waals surface area contributed by atoms with E-state index in [0.29, 0.717) is 18.8 Å². The van der Waals surface area contributed by atoms with Crippen LogP contribution in [0.1, 0.15) is 19.5 Å². The number of halogens is 1. The Morgan fingerprint density at radius 2 is 2.00 bits per heavy atom. The zero-order valence-corrected chi connectivity index (χ0v) is 13.9. The molecule has 0 aliphatic carbocycles. The van der Waals surface area contributed by atoms with Gasteiger partial charge in [0.25, 0.3) is 10.0 Å². The van der Waals surface area contributed by atoms with Crippen LogP contribution < -0.4 is 0 Å². The second-order valence-corrected chi connectivity index (χ2v) is 9.13. The van der Waals surface area contributed by atoms with E-state index in [2.05, 4.69) is 9.88 Å². The molecule has 1 aromatic heterocycles. The molecule has 1 aliphatic rings. The van der Waals surface area contributed by atoms with E-state index in [1.165, 1.54) is 4.31 Å². The number of hydrogen-bond acceptors (Lipinski definition) is 5. The van der Waals surface area contributed by atoms with Gasteiger partial charge in [-0.1, -0.05) is 22.9 Å². The number of aryl methyl sites for hydroxylation is 1. The monoisotopic (exact) mass is 323 g/mol. The molecule has 108 valence electrons. The minimum atomic E-state index is -3.49. The van der Waals surface area contributed by atoms with Gasteiger partial charge in [0, 0.05) is 25.2 Å². The third kappa shape index (κ3) is 2.80. The average Bonchev–Trinajstić information content (AvgIpc) is 2.62. The predicted molar refractivity (Wildman–Crippen MR) is 77.3 cm³/mol. The Balaban J connectivity index is 2.34. The largest absolute Gasteiger partial charge is 0.299 e. The molecular weight excluding hydrogens is 306 g/mol. The first-order chi connectivity index (χ1) is 8.64. The van der Waals surface area contributed by atoms with Crippen LogP contribution in [0.5, 0.6) is 0 Å². The van der Waals surface area contributed by atoms with E-state index >= 15 is 0 Å². The summed E-state index contributed by atoms with van der Waals surface area (Å²) < 4.78 is 27.3. The molecule has 0 spiro atoms. The second-order valence-electron chi connectivity index (χ2n) is 5.41. The lowest BCUT2D eigenvalue weighted by Crippen LogP contribution is -2.58. The molecule has 0 bridgehead atoms. The zero-order chi connectivity index (χ0) is 14.4. The predicted octanol–water partition coefficient (Wildman–Crippen LogP) is 1.82. The Bertz CT molecular complexity index is 583. The quantitative estimate of drug-likeness (QED) is 0.833. The molecule has 0 amide bonds. The summed E-state index contributed by atoms with van der Waals surface area (Å²) in [5.74, 6) is 0. The maximum absolute atomic E-state index is 12.6. The number of likely N-dealkylation sites (N-methyl/N-ethyl adjacent to an activating group) is 1. The lowest BCUT2D eigenvalue weighted by atomic mass is 10.0. The molecule has 0 saturated carbocycles. The van der Waals surface area contributed by atoms with Gasteiger partial charge in [0.15, 0.2) is 8.68 Å². The Kier molecular flexibility index (Phi) is 3.97. The number of hydrogen-bond donors (Lipinski definition) is 0. The fraction of sp³-hybridized carbons (Fsp3) is 0.727. The molecule has 2 rings (SSSR count). The van der Waals surface area contributed by atoms with Crippen molar-refractivity contribution >= 4 is 33.0 Å². The van der Waals surface area contributed by atoms with Crippen molar-refractivity contribution < 1.29 is 8.42 Å². The zero-order valence-electron chi connectivity index (χ0n) is 11.5. The third-order valence-electron chi connectivity index (χ3n) is 3.58. The Morgan fingerprint density at radius 3 is 2.47 bits per heavy atom. The number of aromatic nitrogens is 1. The summed E-state index contributed by atoms with van der Waals surface area (Å²) in [5.41, 5.74) is 0.306. The van der Waals surface area contributed by atoms with Crippen molar-refractivity contribution in [3.05, 3.63) is 10.2 Å². The van der Waals surface area contributed by atoms with Crippen molar-refractivity contribution in [2.75, 3.05) is 26.7 Å². The molecule has 8 heteroatoms. The van der Waals surface area contributed by atoms with Crippen molar-refractivity contribution in [1.29, 1.82) is 0 Å². The van der Waals surface area contributed by atoms with Crippen molar-refractivity contribution in [2.45, 2.75) is 30.5 Å². The number of rotatable bonds is 2. The van der Waals surface area contributed by atoms with Crippen LogP contribution in [0.25, 0.3) is 0 Å². The molecule has 0 aromatic carbocycles. The van der Waals surface area contributed by atoms with Gasteiger partial charge < -0.3 is 0 Å². The minimum Gasteiger partial charge on any atom is -0.299 e. The molecule has 1 fully saturated rings. The molecule has 1 saturated heterocycles. The second kappa shape index (κ2) is 4.96. The molecular formula is C11H18ClN3O2S2. The fourth-order valence-corrected chi connectivity index (χ4v) is 5.57. The molecule has 5 nitrogen and oxygen atoms in total. The third-order valence-corrected chi connectivity index (χ3v) is 7.28. The summed E-state index contributed by atoms with van der Waals surface area (Å²) in [6, 6.07) is 0. The minimum absolute atomic E-state index is 0.173. The van der Waals surface area contributed by atoms with Gasteiger partial charge in [0.2, 0.25) is 0 Å². The normalized spacial score (nSPS) is 21.7. The summed E-state index contributed by atoms with van der Waals surface area (Å²) in [7, 11) is -1.48. The van der Waals surface area contributed by atoms with Crippen molar-refractivity contribution in [3.8, 4) is 0 Å². The van der Waals surface area contributed by atoms with Gasteiger partial charge in [0.05, 0.1) is 5.69 Å². The molecule has 0 radical (unpaired) electrons. The van der Waals surface area contributed by atoms with Gasteiger partial charge in [0.1, 0.15) is 0 Å². The lowest BCUT2D eigenvalue weighted by Gasteiger charge is -2.44. The van der Waals surface area contributed by atoms with Gasteiger partial charge in [-0.05, 0) is 27.8 Å². The summed E-state index contributed by atoms with van der Waals surface area (Å²) in [5, 5.41) is 0. The first-order valence-corrected chi connectivity index (χ1v) is 8.62. The van der Waals surface area contributed by atoms with E-state index < -0.39 is 10.0 Å². The summed E-state index contributed by atoms with van der Waals surface area (Å²) in [4.78, 5) is 6.16. The average molecular weight is 324 g/mol. The first-order valence-electron chi connectivity index (χ1n) is 5.99. The number of sulfonamides is 1. The standard InChI is InChI=1S/C11H18ClN3O2S2/c1-8-9(18-10(12)13-8)19(16,17)15-6-5-14(4)11(2,3)7-15/h5-7H2,1-4H3. The van der Waals surface area contributed by atoms with Gasteiger partial charge in [-0.15, -0.1) is 0 Å². The van der Waals surface area contributed by atoms with E-state index in [-0.39, 0.29) is 14.2 Å². The highest BCUT2D eigenvalue weighted by molar-refractivity contribution is 7.91. The number of thiazole rings is 1. The van der Waals surface area contributed by atoms with E-state index in [1.807, 2.05) is 20.9 Å². The van der Waals surface area contributed by atoms with Crippen molar-refractivity contribution in [1.82, 2.24) is 14.2 Å².